The zero-order chi connectivity index (χ0) is 8.55. The van der Waals surface area contributed by atoms with Crippen molar-refractivity contribution >= 4 is 6.08 Å². The molecule has 0 fully saturated rings. The Morgan fingerprint density at radius 3 is 3.08 bits per heavy atom. The lowest BCUT2D eigenvalue weighted by Crippen LogP contribution is -1.94. The van der Waals surface area contributed by atoms with Gasteiger partial charge in [-0.1, -0.05) is 31.2 Å². The normalized spacial score (nSPS) is 15.2. The monoisotopic (exact) mass is 163 g/mol. The lowest BCUT2D eigenvalue weighted by molar-refractivity contribution is 0.375. The van der Waals surface area contributed by atoms with Crippen molar-refractivity contribution in [1.82, 2.24) is 5.16 Å². The molecule has 1 aliphatic carbocycles. The molecule has 1 aliphatic rings. The van der Waals surface area contributed by atoms with Gasteiger partial charge < -0.3 is 4.52 Å². The van der Waals surface area contributed by atoms with Gasteiger partial charge >= 0.3 is 0 Å². The van der Waals surface area contributed by atoms with E-state index >= 15 is 0 Å². The number of allylic oxidation sites excluding steroid dienone is 1. The van der Waals surface area contributed by atoms with Gasteiger partial charge in [-0.3, -0.25) is 0 Å². The molecule has 0 saturated heterocycles. The van der Waals surface area contributed by atoms with Crippen molar-refractivity contribution in [3.63, 3.8) is 0 Å². The minimum Gasteiger partial charge on any atom is -0.360 e. The molecule has 1 heterocycles. The van der Waals surface area contributed by atoms with Crippen LogP contribution >= 0.6 is 0 Å². The van der Waals surface area contributed by atoms with Gasteiger partial charge in [0.2, 0.25) is 0 Å². The van der Waals surface area contributed by atoms with E-state index in [0.717, 1.165) is 24.3 Å². The molecule has 0 aliphatic heterocycles. The number of hydrogen-bond acceptors (Lipinski definition) is 2. The summed E-state index contributed by atoms with van der Waals surface area (Å²) in [5.74, 6) is 1.52. The molecule has 2 rings (SSSR count). The van der Waals surface area contributed by atoms with Crippen LogP contribution in [-0.4, -0.2) is 5.16 Å². The van der Waals surface area contributed by atoms with Gasteiger partial charge in [0.1, 0.15) is 5.76 Å². The third-order valence-electron chi connectivity index (χ3n) is 2.20. The highest BCUT2D eigenvalue weighted by molar-refractivity contribution is 5.56. The van der Waals surface area contributed by atoms with E-state index in [1.807, 2.05) is 0 Å². The molecule has 64 valence electrons. The first kappa shape index (κ1) is 7.59. The van der Waals surface area contributed by atoms with Crippen LogP contribution in [0.1, 0.15) is 43.2 Å². The first-order valence-electron chi connectivity index (χ1n) is 4.44. The highest BCUT2D eigenvalue weighted by atomic mass is 16.5. The van der Waals surface area contributed by atoms with E-state index in [1.165, 1.54) is 5.56 Å². The SMILES string of the molecule is CC(C)c1noc2c1C=CCC2. The Kier molecular flexibility index (Phi) is 1.75. The molecule has 0 radical (unpaired) electrons. The fourth-order valence-corrected chi connectivity index (χ4v) is 1.54. The molecule has 1 aromatic heterocycles. The zero-order valence-corrected chi connectivity index (χ0v) is 7.50. The van der Waals surface area contributed by atoms with Crippen LogP contribution < -0.4 is 0 Å². The Bertz CT molecular complexity index is 310. The van der Waals surface area contributed by atoms with E-state index in [1.54, 1.807) is 0 Å². The summed E-state index contributed by atoms with van der Waals surface area (Å²) in [7, 11) is 0. The molecule has 0 aromatic carbocycles. The van der Waals surface area contributed by atoms with Crippen LogP contribution in [0.3, 0.4) is 0 Å². The molecule has 12 heavy (non-hydrogen) atoms. The van der Waals surface area contributed by atoms with Crippen molar-refractivity contribution in [2.24, 2.45) is 0 Å². The minimum absolute atomic E-state index is 0.459. The van der Waals surface area contributed by atoms with E-state index in [0.29, 0.717) is 5.92 Å². The fraction of sp³-hybridized carbons (Fsp3) is 0.500. The summed E-state index contributed by atoms with van der Waals surface area (Å²) >= 11 is 0. The zero-order valence-electron chi connectivity index (χ0n) is 7.50. The maximum atomic E-state index is 5.25. The second kappa shape index (κ2) is 2.77. The van der Waals surface area contributed by atoms with E-state index in [-0.39, 0.29) is 0 Å². The molecule has 0 spiro atoms. The summed E-state index contributed by atoms with van der Waals surface area (Å²) in [5.41, 5.74) is 2.32. The lowest BCUT2D eigenvalue weighted by Gasteiger charge is -2.04. The fourth-order valence-electron chi connectivity index (χ4n) is 1.54. The Morgan fingerprint density at radius 1 is 1.50 bits per heavy atom. The van der Waals surface area contributed by atoms with Crippen LogP contribution in [0, 0.1) is 0 Å². The lowest BCUT2D eigenvalue weighted by atomic mass is 9.98. The predicted octanol–water partition coefficient (Wildman–Crippen LogP) is 2.76. The number of aryl methyl sites for hydroxylation is 1. The van der Waals surface area contributed by atoms with Crippen molar-refractivity contribution in [2.45, 2.75) is 32.6 Å². The van der Waals surface area contributed by atoms with Crippen molar-refractivity contribution in [3.8, 4) is 0 Å². The molecule has 0 bridgehead atoms. The second-order valence-electron chi connectivity index (χ2n) is 3.50. The van der Waals surface area contributed by atoms with Gasteiger partial charge in [-0.15, -0.1) is 0 Å². The van der Waals surface area contributed by atoms with Crippen molar-refractivity contribution in [1.29, 1.82) is 0 Å². The van der Waals surface area contributed by atoms with Crippen LogP contribution in [0.4, 0.5) is 0 Å². The summed E-state index contributed by atoms with van der Waals surface area (Å²) in [5, 5.41) is 4.07. The Labute approximate surface area is 72.3 Å². The number of aromatic nitrogens is 1. The molecule has 0 amide bonds. The van der Waals surface area contributed by atoms with E-state index in [4.69, 9.17) is 4.52 Å². The number of nitrogens with zero attached hydrogens (tertiary/aromatic N) is 1. The first-order chi connectivity index (χ1) is 5.79. The van der Waals surface area contributed by atoms with Gasteiger partial charge in [0, 0.05) is 12.0 Å². The average molecular weight is 163 g/mol. The van der Waals surface area contributed by atoms with Crippen LogP contribution in [-0.2, 0) is 6.42 Å². The second-order valence-corrected chi connectivity index (χ2v) is 3.50. The standard InChI is InChI=1S/C10H13NO/c1-7(2)10-8-5-3-4-6-9(8)12-11-10/h3,5,7H,4,6H2,1-2H3. The molecule has 0 unspecified atom stereocenters. The van der Waals surface area contributed by atoms with Gasteiger partial charge in [0.25, 0.3) is 0 Å². The molecule has 0 saturated carbocycles. The highest BCUT2D eigenvalue weighted by Crippen LogP contribution is 2.26. The van der Waals surface area contributed by atoms with Crippen molar-refractivity contribution < 1.29 is 4.52 Å². The summed E-state index contributed by atoms with van der Waals surface area (Å²) in [6, 6.07) is 0. The molecule has 0 atom stereocenters. The molecule has 0 N–H and O–H groups in total. The molecule has 2 heteroatoms. The van der Waals surface area contributed by atoms with Crippen molar-refractivity contribution in [3.05, 3.63) is 23.1 Å². The van der Waals surface area contributed by atoms with Gasteiger partial charge in [-0.05, 0) is 12.3 Å². The third-order valence-corrected chi connectivity index (χ3v) is 2.20. The van der Waals surface area contributed by atoms with E-state index in [9.17, 15) is 0 Å². The minimum atomic E-state index is 0.459. The van der Waals surface area contributed by atoms with Crippen LogP contribution in [0.15, 0.2) is 10.6 Å². The Morgan fingerprint density at radius 2 is 2.33 bits per heavy atom. The Hall–Kier alpha value is -1.05. The summed E-state index contributed by atoms with van der Waals surface area (Å²) in [4.78, 5) is 0. The average Bonchev–Trinajstić information content (AvgIpc) is 2.47. The first-order valence-corrected chi connectivity index (χ1v) is 4.44. The maximum Gasteiger partial charge on any atom is 0.144 e. The third kappa shape index (κ3) is 1.07. The molecule has 2 nitrogen and oxygen atoms in total. The van der Waals surface area contributed by atoms with Crippen LogP contribution in [0.2, 0.25) is 0 Å². The van der Waals surface area contributed by atoms with Gasteiger partial charge in [-0.25, -0.2) is 0 Å². The van der Waals surface area contributed by atoms with Gasteiger partial charge in [0.05, 0.1) is 5.69 Å². The van der Waals surface area contributed by atoms with Gasteiger partial charge in [0.15, 0.2) is 0 Å². The number of fused-ring (bicyclic) bond motifs is 1. The number of hydrogen-bond donors (Lipinski definition) is 0. The maximum absolute atomic E-state index is 5.25. The molecular weight excluding hydrogens is 150 g/mol. The summed E-state index contributed by atoms with van der Waals surface area (Å²) in [6.45, 7) is 4.28. The topological polar surface area (TPSA) is 26.0 Å². The van der Waals surface area contributed by atoms with Gasteiger partial charge in [-0.2, -0.15) is 0 Å². The smallest absolute Gasteiger partial charge is 0.144 e. The highest BCUT2D eigenvalue weighted by Gasteiger charge is 2.17. The predicted molar refractivity (Wildman–Crippen MR) is 47.9 cm³/mol. The largest absolute Gasteiger partial charge is 0.360 e. The quantitative estimate of drug-likeness (QED) is 0.636. The summed E-state index contributed by atoms with van der Waals surface area (Å²) < 4.78 is 5.25. The van der Waals surface area contributed by atoms with Crippen LogP contribution in [0.5, 0.6) is 0 Å². The molecular formula is C10H13NO. The van der Waals surface area contributed by atoms with Crippen LogP contribution in [0.25, 0.3) is 6.08 Å². The van der Waals surface area contributed by atoms with E-state index in [2.05, 4.69) is 31.2 Å². The Balaban J connectivity index is 2.47. The van der Waals surface area contributed by atoms with Crippen molar-refractivity contribution in [2.75, 3.05) is 0 Å². The van der Waals surface area contributed by atoms with E-state index < -0.39 is 0 Å². The molecule has 1 aromatic rings. The number of rotatable bonds is 1. The summed E-state index contributed by atoms with van der Waals surface area (Å²) in [6.07, 6.45) is 6.40.